The molecular weight excluding hydrogens is 493 g/mol. The quantitative estimate of drug-likeness (QED) is 0.294. The molecule has 7 heteroatoms. The van der Waals surface area contributed by atoms with Gasteiger partial charge in [-0.2, -0.15) is 5.26 Å². The average molecular weight is 522 g/mol. The lowest BCUT2D eigenvalue weighted by Crippen LogP contribution is -2.36. The monoisotopic (exact) mass is 521 g/mol. The van der Waals surface area contributed by atoms with Gasteiger partial charge in [-0.25, -0.2) is 9.37 Å². The summed E-state index contributed by atoms with van der Waals surface area (Å²) in [7, 11) is 0. The van der Waals surface area contributed by atoms with Gasteiger partial charge in [0, 0.05) is 18.7 Å². The summed E-state index contributed by atoms with van der Waals surface area (Å²) < 4.78 is 20.5. The van der Waals surface area contributed by atoms with Crippen LogP contribution in [-0.4, -0.2) is 29.1 Å². The molecule has 0 amide bonds. The number of hydrogen-bond acceptors (Lipinski definition) is 5. The van der Waals surface area contributed by atoms with Gasteiger partial charge in [0.1, 0.15) is 24.0 Å². The maximum absolute atomic E-state index is 14.3. The first-order chi connectivity index (χ1) is 18.9. The van der Waals surface area contributed by atoms with Crippen molar-refractivity contribution in [2.45, 2.75) is 26.4 Å². The second-order valence-electron chi connectivity index (χ2n) is 9.74. The normalized spacial score (nSPS) is 13.6. The van der Waals surface area contributed by atoms with E-state index in [1.165, 1.54) is 12.1 Å². The number of nitriles is 1. The molecule has 0 bridgehead atoms. The fourth-order valence-corrected chi connectivity index (χ4v) is 4.86. The molecule has 39 heavy (non-hydrogen) atoms. The van der Waals surface area contributed by atoms with E-state index in [1.807, 2.05) is 49.4 Å². The van der Waals surface area contributed by atoms with Crippen LogP contribution in [0.1, 0.15) is 29.5 Å². The Bertz CT molecular complexity index is 1540. The highest BCUT2D eigenvalue weighted by Crippen LogP contribution is 2.33. The van der Waals surface area contributed by atoms with Crippen LogP contribution in [0, 0.1) is 30.0 Å². The van der Waals surface area contributed by atoms with Crippen LogP contribution in [-0.2, 0) is 11.4 Å². The summed E-state index contributed by atoms with van der Waals surface area (Å²) >= 11 is 0. The number of hydrogen-bond donors (Lipinski definition) is 1. The molecule has 6 nitrogen and oxygen atoms in total. The SMILES string of the molecule is Cc1cc(-c2ccc(C#N)cc2)ccc1COc1ccc(F)cc1-c1cccc(N2CCC(C(=O)O)CC2)n1. The summed E-state index contributed by atoms with van der Waals surface area (Å²) in [5, 5.41) is 18.3. The Labute approximate surface area is 226 Å². The Morgan fingerprint density at radius 1 is 1.05 bits per heavy atom. The fourth-order valence-electron chi connectivity index (χ4n) is 4.86. The summed E-state index contributed by atoms with van der Waals surface area (Å²) in [4.78, 5) is 18.2. The fraction of sp³-hybridized carbons (Fsp3) is 0.219. The first kappa shape index (κ1) is 25.9. The standard InChI is InChI=1S/C32H28FN3O3/c1-21-17-25(23-7-5-22(19-34)6-8-23)9-10-26(21)20-39-30-12-11-27(33)18-28(30)29-3-2-4-31(35-29)36-15-13-24(14-16-36)32(37)38/h2-12,17-18,24H,13-16,20H2,1H3,(H,37,38). The highest BCUT2D eigenvalue weighted by molar-refractivity contribution is 5.71. The molecule has 2 heterocycles. The molecule has 0 atom stereocenters. The van der Waals surface area contributed by atoms with Crippen LogP contribution in [0.25, 0.3) is 22.4 Å². The predicted octanol–water partition coefficient (Wildman–Crippen LogP) is 6.61. The van der Waals surface area contributed by atoms with Gasteiger partial charge in [-0.1, -0.05) is 36.4 Å². The second kappa shape index (κ2) is 11.4. The Morgan fingerprint density at radius 3 is 2.49 bits per heavy atom. The van der Waals surface area contributed by atoms with Crippen LogP contribution >= 0.6 is 0 Å². The van der Waals surface area contributed by atoms with Crippen LogP contribution in [0.5, 0.6) is 5.75 Å². The number of nitrogens with zero attached hydrogens (tertiary/aromatic N) is 3. The van der Waals surface area contributed by atoms with Gasteiger partial charge in [-0.05, 0) is 84.5 Å². The molecule has 196 valence electrons. The number of aryl methyl sites for hydroxylation is 1. The van der Waals surface area contributed by atoms with Gasteiger partial charge in [0.2, 0.25) is 0 Å². The molecule has 1 aromatic heterocycles. The Morgan fingerprint density at radius 2 is 1.79 bits per heavy atom. The molecule has 0 spiro atoms. The molecule has 0 aliphatic carbocycles. The average Bonchev–Trinajstić information content (AvgIpc) is 2.97. The third-order valence-electron chi connectivity index (χ3n) is 7.19. The highest BCUT2D eigenvalue weighted by atomic mass is 19.1. The van der Waals surface area contributed by atoms with Crippen molar-refractivity contribution in [3.05, 3.63) is 101 Å². The van der Waals surface area contributed by atoms with Crippen molar-refractivity contribution < 1.29 is 19.0 Å². The molecule has 1 aliphatic rings. The number of carbonyl (C=O) groups is 1. The molecule has 0 radical (unpaired) electrons. The van der Waals surface area contributed by atoms with Crippen LogP contribution in [0.2, 0.25) is 0 Å². The Kier molecular flexibility index (Phi) is 7.55. The maximum Gasteiger partial charge on any atom is 0.306 e. The third-order valence-corrected chi connectivity index (χ3v) is 7.19. The third kappa shape index (κ3) is 5.91. The van der Waals surface area contributed by atoms with E-state index in [4.69, 9.17) is 15.0 Å². The van der Waals surface area contributed by atoms with Gasteiger partial charge < -0.3 is 14.7 Å². The minimum Gasteiger partial charge on any atom is -0.488 e. The van der Waals surface area contributed by atoms with E-state index in [-0.39, 0.29) is 11.7 Å². The number of aromatic nitrogens is 1. The number of halogens is 1. The van der Waals surface area contributed by atoms with Crippen molar-refractivity contribution in [3.63, 3.8) is 0 Å². The summed E-state index contributed by atoms with van der Waals surface area (Å²) in [5.41, 5.74) is 5.92. The van der Waals surface area contributed by atoms with Crippen LogP contribution in [0.3, 0.4) is 0 Å². The number of carboxylic acid groups (broad SMARTS) is 1. The second-order valence-corrected chi connectivity index (χ2v) is 9.74. The van der Waals surface area contributed by atoms with Crippen molar-refractivity contribution >= 4 is 11.8 Å². The number of pyridine rings is 1. The van der Waals surface area contributed by atoms with Crippen molar-refractivity contribution in [1.82, 2.24) is 4.98 Å². The van der Waals surface area contributed by atoms with E-state index in [0.717, 1.165) is 28.1 Å². The van der Waals surface area contributed by atoms with E-state index in [1.54, 1.807) is 18.2 Å². The number of piperidine rings is 1. The van der Waals surface area contributed by atoms with Crippen molar-refractivity contribution in [3.8, 4) is 34.2 Å². The minimum absolute atomic E-state index is 0.306. The number of carboxylic acids is 1. The van der Waals surface area contributed by atoms with E-state index in [9.17, 15) is 14.3 Å². The minimum atomic E-state index is -0.753. The van der Waals surface area contributed by atoms with Crippen LogP contribution in [0.15, 0.2) is 78.9 Å². The molecular formula is C32H28FN3O3. The summed E-state index contributed by atoms with van der Waals surface area (Å²) in [6.45, 7) is 3.55. The molecule has 1 aliphatic heterocycles. The number of aliphatic carboxylic acids is 1. The molecule has 4 aromatic rings. The molecule has 3 aromatic carbocycles. The van der Waals surface area contributed by atoms with Gasteiger partial charge in [-0.3, -0.25) is 4.79 Å². The van der Waals surface area contributed by atoms with E-state index in [2.05, 4.69) is 17.0 Å². The summed E-state index contributed by atoms with van der Waals surface area (Å²) in [6.07, 6.45) is 1.14. The first-order valence-corrected chi connectivity index (χ1v) is 12.9. The topological polar surface area (TPSA) is 86.5 Å². The summed E-state index contributed by atoms with van der Waals surface area (Å²) in [5.74, 6) is -0.192. The summed E-state index contributed by atoms with van der Waals surface area (Å²) in [6, 6.07) is 25.8. The zero-order valence-electron chi connectivity index (χ0n) is 21.6. The van der Waals surface area contributed by atoms with Crippen LogP contribution < -0.4 is 9.64 Å². The molecule has 5 rings (SSSR count). The maximum atomic E-state index is 14.3. The number of rotatable bonds is 7. The molecule has 1 saturated heterocycles. The molecule has 1 N–H and O–H groups in total. The van der Waals surface area contributed by atoms with Crippen molar-refractivity contribution in [2.75, 3.05) is 18.0 Å². The van der Waals surface area contributed by atoms with Gasteiger partial charge in [0.15, 0.2) is 0 Å². The van der Waals surface area contributed by atoms with Crippen molar-refractivity contribution in [1.29, 1.82) is 5.26 Å². The molecule has 0 saturated carbocycles. The van der Waals surface area contributed by atoms with Gasteiger partial charge in [0.05, 0.1) is 23.2 Å². The lowest BCUT2D eigenvalue weighted by atomic mass is 9.97. The van der Waals surface area contributed by atoms with Gasteiger partial charge >= 0.3 is 5.97 Å². The van der Waals surface area contributed by atoms with Crippen LogP contribution in [0.4, 0.5) is 10.2 Å². The highest BCUT2D eigenvalue weighted by Gasteiger charge is 2.25. The first-order valence-electron chi connectivity index (χ1n) is 12.9. The van der Waals surface area contributed by atoms with E-state index >= 15 is 0 Å². The van der Waals surface area contributed by atoms with E-state index in [0.29, 0.717) is 55.1 Å². The number of benzene rings is 3. The molecule has 1 fully saturated rings. The Balaban J connectivity index is 1.33. The zero-order valence-corrected chi connectivity index (χ0v) is 21.6. The predicted molar refractivity (Wildman–Crippen MR) is 148 cm³/mol. The van der Waals surface area contributed by atoms with Gasteiger partial charge in [-0.15, -0.1) is 0 Å². The van der Waals surface area contributed by atoms with Gasteiger partial charge in [0.25, 0.3) is 0 Å². The van der Waals surface area contributed by atoms with E-state index < -0.39 is 5.97 Å². The zero-order chi connectivity index (χ0) is 27.4. The lowest BCUT2D eigenvalue weighted by Gasteiger charge is -2.31. The largest absolute Gasteiger partial charge is 0.488 e. The smallest absolute Gasteiger partial charge is 0.306 e. The van der Waals surface area contributed by atoms with Crippen molar-refractivity contribution in [2.24, 2.45) is 5.92 Å². The lowest BCUT2D eigenvalue weighted by molar-refractivity contribution is -0.142. The Hall–Kier alpha value is -4.70. The number of anilines is 1. The molecule has 0 unspecified atom stereocenters. The number of ether oxygens (including phenoxy) is 1.